The second kappa shape index (κ2) is 26.5. The van der Waals surface area contributed by atoms with E-state index in [1.54, 1.807) is 120 Å². The molecule has 20 nitrogen and oxygen atoms in total. The highest BCUT2D eigenvalue weighted by atomic mass is 33.1. The van der Waals surface area contributed by atoms with Crippen molar-refractivity contribution in [3.05, 3.63) is 124 Å². The molecule has 3 fully saturated rings. The predicted molar refractivity (Wildman–Crippen MR) is 319 cm³/mol. The number of benzene rings is 3. The smallest absolute Gasteiger partial charge is 0.408 e. The van der Waals surface area contributed by atoms with Crippen LogP contribution in [0.3, 0.4) is 0 Å². The van der Waals surface area contributed by atoms with Crippen molar-refractivity contribution in [2.45, 2.75) is 197 Å². The van der Waals surface area contributed by atoms with E-state index in [2.05, 4.69) is 10.6 Å². The van der Waals surface area contributed by atoms with Crippen LogP contribution in [0.2, 0.25) is 0 Å². The van der Waals surface area contributed by atoms with Crippen molar-refractivity contribution in [3.8, 4) is 0 Å². The Balaban J connectivity index is 1.20. The van der Waals surface area contributed by atoms with Crippen molar-refractivity contribution in [3.63, 3.8) is 0 Å². The summed E-state index contributed by atoms with van der Waals surface area (Å²) >= 11 is 0. The third-order valence-corrected chi connectivity index (χ3v) is 20.4. The van der Waals surface area contributed by atoms with Crippen LogP contribution >= 0.6 is 21.6 Å². The largest absolute Gasteiger partial charge is 0.455 e. The third-order valence-electron chi connectivity index (χ3n) is 17.3. The van der Waals surface area contributed by atoms with E-state index in [-0.39, 0.29) is 65.2 Å². The minimum atomic E-state index is -2.52. The monoisotopic (exact) mass is 1240 g/mol. The topological polar surface area (TPSA) is 283 Å². The molecule has 468 valence electrons. The Morgan fingerprint density at radius 2 is 1.59 bits per heavy atom. The number of allylic oxidation sites excluding steroid dienone is 1. The Morgan fingerprint density at radius 1 is 0.897 bits per heavy atom. The van der Waals surface area contributed by atoms with Crippen LogP contribution in [-0.4, -0.2) is 129 Å². The standard InChI is InChI=1S/C65H78N2O18S2/c1-12-48(71)81-52-50-37(4)43(33-65(78,62(50,9)10)56(83-58(75)42-26-18-20-35(2)30-42)54-63(11,55(52)73)45(69)32-46-64(54,34-79-46)84-38(5)68)80-59(76)53(51(39-21-14-13-15-22-39)67-60(77)85-61(6,7)8)82-49(72)31-41-23-16-17-27-44(41)87-86-36(3)28-29-47(70)66-57(74)40-24-19-25-40/h13-18,20-24,26-27,30,36,43,45-46,51-54,56,69,78H,12,19,25,28-29,31-34H2,1-11H3,(H,67,77)(H,66,70,74)/t36?,43-,45-,46+,51-,52+,53+,54?,56-,63+,64-,65+/m0/s1. The summed E-state index contributed by atoms with van der Waals surface area (Å²) in [6, 6.07) is 20.0. The van der Waals surface area contributed by atoms with Crippen LogP contribution in [-0.2, 0) is 73.1 Å². The van der Waals surface area contributed by atoms with Crippen LogP contribution in [0.5, 0.6) is 0 Å². The summed E-state index contributed by atoms with van der Waals surface area (Å²) in [4.78, 5) is 128. The Kier molecular flexibility index (Phi) is 20.1. The minimum Gasteiger partial charge on any atom is -0.455 e. The number of fused-ring (bicyclic) bond motifs is 5. The first-order valence-electron chi connectivity index (χ1n) is 29.3. The van der Waals surface area contributed by atoms with E-state index in [0.717, 1.165) is 13.3 Å². The summed E-state index contributed by atoms with van der Waals surface area (Å²) in [5.41, 5.74) is -7.20. The maximum atomic E-state index is 16.1. The first kappa shape index (κ1) is 66.1. The van der Waals surface area contributed by atoms with Gasteiger partial charge in [0.25, 0.3) is 5.91 Å². The molecule has 1 saturated heterocycles. The zero-order valence-electron chi connectivity index (χ0n) is 50.9. The number of Topliss-reactive ketones (excluding diaryl/α,β-unsaturated/α-hetero) is 1. The van der Waals surface area contributed by atoms with Crippen molar-refractivity contribution in [2.75, 3.05) is 6.61 Å². The van der Waals surface area contributed by atoms with Crippen molar-refractivity contribution in [2.24, 2.45) is 16.7 Å². The Morgan fingerprint density at radius 3 is 2.21 bits per heavy atom. The van der Waals surface area contributed by atoms with E-state index in [1.165, 1.54) is 48.4 Å². The first-order chi connectivity index (χ1) is 40.9. The van der Waals surface area contributed by atoms with Gasteiger partial charge in [-0.2, -0.15) is 0 Å². The molecule has 12 atom stereocenters. The second-order valence-electron chi connectivity index (χ2n) is 24.8. The zero-order chi connectivity index (χ0) is 63.6. The number of amides is 3. The molecule has 2 bridgehead atoms. The zero-order valence-corrected chi connectivity index (χ0v) is 52.5. The lowest BCUT2D eigenvalue weighted by molar-refractivity contribution is -0.346. The molecular formula is C65H78N2O18S2. The fourth-order valence-corrected chi connectivity index (χ4v) is 14.9. The van der Waals surface area contributed by atoms with E-state index in [0.29, 0.717) is 34.4 Å². The number of esters is 5. The number of hydrogen-bond acceptors (Lipinski definition) is 20. The molecule has 4 N–H and O–H groups in total. The fraction of sp³-hybridized carbons (Fsp3) is 0.523. The molecule has 2 unspecified atom stereocenters. The average molecular weight is 1240 g/mol. The number of alkyl carbamates (subject to hydrolysis) is 1. The van der Waals surface area contributed by atoms with Gasteiger partial charge in [-0.25, -0.2) is 14.4 Å². The normalized spacial score (nSPS) is 27.2. The molecule has 0 aromatic heterocycles. The summed E-state index contributed by atoms with van der Waals surface area (Å²) < 4.78 is 43.4. The van der Waals surface area contributed by atoms with Gasteiger partial charge >= 0.3 is 35.9 Å². The van der Waals surface area contributed by atoms with Gasteiger partial charge in [-0.05, 0) is 101 Å². The molecule has 1 heterocycles. The molecule has 87 heavy (non-hydrogen) atoms. The lowest BCUT2D eigenvalue weighted by atomic mass is 9.44. The van der Waals surface area contributed by atoms with Crippen molar-refractivity contribution >= 4 is 75.1 Å². The number of carbonyl (C=O) groups excluding carboxylic acids is 9. The molecular weight excluding hydrogens is 1160 g/mol. The van der Waals surface area contributed by atoms with Gasteiger partial charge in [-0.15, -0.1) is 0 Å². The number of aliphatic hydroxyl groups is 2. The van der Waals surface area contributed by atoms with E-state index in [9.17, 15) is 43.8 Å². The highest BCUT2D eigenvalue weighted by Crippen LogP contribution is 2.64. The number of ether oxygens (including phenoxy) is 7. The summed E-state index contributed by atoms with van der Waals surface area (Å²) in [6.45, 7) is 16.9. The predicted octanol–water partition coefficient (Wildman–Crippen LogP) is 8.59. The SMILES string of the molecule is CCC(=O)O[C@H]1C(=O)[C@@]2(C)C([C@H](OC(=O)c3cccc(C)c3)[C@]3(O)C[C@H](OC(=O)[C@H](OC(=O)Cc4ccccc4SSC(C)CCC(=O)NC(=O)C4=CCC4)[C@@H](NC(=O)OC(C)(C)C)c4ccccc4)C(C)=C1C3(C)C)[C@]1(OC(C)=O)CO[C@@H]1C[C@@H]2O. The fourth-order valence-electron chi connectivity index (χ4n) is 12.5. The molecule has 4 aliphatic carbocycles. The summed E-state index contributed by atoms with van der Waals surface area (Å²) in [7, 11) is 2.80. The maximum Gasteiger partial charge on any atom is 0.408 e. The maximum absolute atomic E-state index is 16.1. The molecule has 0 spiro atoms. The van der Waals surface area contributed by atoms with Gasteiger partial charge in [0.15, 0.2) is 17.5 Å². The number of hydrogen-bond donors (Lipinski definition) is 4. The number of aliphatic hydroxyl groups excluding tert-OH is 1. The van der Waals surface area contributed by atoms with Gasteiger partial charge in [0.1, 0.15) is 35.6 Å². The highest BCUT2D eigenvalue weighted by Gasteiger charge is 2.78. The number of carbonyl (C=O) groups is 9. The first-order valence-corrected chi connectivity index (χ1v) is 31.5. The van der Waals surface area contributed by atoms with Crippen LogP contribution in [0.1, 0.15) is 147 Å². The number of imide groups is 1. The molecule has 3 aromatic rings. The Labute approximate surface area is 514 Å². The molecule has 5 aliphatic rings. The summed E-state index contributed by atoms with van der Waals surface area (Å²) in [5.74, 6) is -8.14. The lowest BCUT2D eigenvalue weighted by Gasteiger charge is -2.67. The average Bonchev–Trinajstić information content (AvgIpc) is 0.672. The number of ketones is 1. The van der Waals surface area contributed by atoms with E-state index >= 15 is 9.59 Å². The highest BCUT2D eigenvalue weighted by molar-refractivity contribution is 8.77. The molecule has 2 saturated carbocycles. The van der Waals surface area contributed by atoms with Crippen molar-refractivity contribution in [1.82, 2.24) is 10.6 Å². The second-order valence-corrected chi connectivity index (χ2v) is 27.5. The Hall–Kier alpha value is -6.85. The van der Waals surface area contributed by atoms with Crippen LogP contribution < -0.4 is 10.6 Å². The van der Waals surface area contributed by atoms with Crippen LogP contribution in [0, 0.1) is 23.7 Å². The summed E-state index contributed by atoms with van der Waals surface area (Å²) in [5, 5.41) is 31.7. The minimum absolute atomic E-state index is 0.0449. The van der Waals surface area contributed by atoms with E-state index in [4.69, 9.17) is 33.2 Å². The molecule has 22 heteroatoms. The molecule has 1 aliphatic heterocycles. The number of rotatable bonds is 20. The molecule has 0 radical (unpaired) electrons. The molecule has 3 amide bonds. The van der Waals surface area contributed by atoms with Gasteiger partial charge in [0.2, 0.25) is 12.0 Å². The van der Waals surface area contributed by atoms with Crippen LogP contribution in [0.25, 0.3) is 0 Å². The van der Waals surface area contributed by atoms with Gasteiger partial charge in [-0.3, -0.25) is 34.1 Å². The quantitative estimate of drug-likeness (QED) is 0.0356. The van der Waals surface area contributed by atoms with Gasteiger partial charge in [0, 0.05) is 53.7 Å². The Bertz CT molecular complexity index is 3250. The van der Waals surface area contributed by atoms with E-state index < -0.39 is 131 Å². The van der Waals surface area contributed by atoms with Gasteiger partial charge < -0.3 is 48.7 Å². The van der Waals surface area contributed by atoms with E-state index in [1.807, 2.05) is 6.92 Å². The summed E-state index contributed by atoms with van der Waals surface area (Å²) in [6.07, 6.45) is -8.99. The molecule has 3 aromatic carbocycles. The van der Waals surface area contributed by atoms with Gasteiger partial charge in [0.05, 0.1) is 36.0 Å². The van der Waals surface area contributed by atoms with Crippen molar-refractivity contribution in [1.29, 1.82) is 0 Å². The van der Waals surface area contributed by atoms with Crippen LogP contribution in [0.15, 0.2) is 107 Å². The number of nitrogens with one attached hydrogen (secondary N) is 2. The third kappa shape index (κ3) is 13.9. The number of aryl methyl sites for hydroxylation is 1. The molecule has 8 rings (SSSR count). The lowest BCUT2D eigenvalue weighted by Crippen LogP contribution is -2.82. The van der Waals surface area contributed by atoms with Crippen LogP contribution in [0.4, 0.5) is 4.79 Å². The van der Waals surface area contributed by atoms with Gasteiger partial charge in [-0.1, -0.05) is 122 Å². The van der Waals surface area contributed by atoms with Crippen molar-refractivity contribution < 1.29 is 86.5 Å².